The number of ether oxygens (including phenoxy) is 1. The maximum atomic E-state index is 13.6. The van der Waals surface area contributed by atoms with Gasteiger partial charge in [-0.2, -0.15) is 4.98 Å². The topological polar surface area (TPSA) is 99.1 Å². The molecule has 6 nitrogen and oxygen atoms in total. The SMILES string of the molecule is COc1cc(Cc2cnc(N)nc2N)cc2c1NC(C)(CF)C=C2CF. The second-order valence-electron chi connectivity index (χ2n) is 6.52. The Labute approximate surface area is 150 Å². The van der Waals surface area contributed by atoms with Gasteiger partial charge in [0.1, 0.15) is 24.9 Å². The number of nitrogens with zero attached hydrogens (tertiary/aromatic N) is 2. The molecule has 0 amide bonds. The standard InChI is InChI=1S/C18H21F2N5O/c1-18(9-20)6-12(7-19)13-4-10(5-14(26-2)15(13)25-18)3-11-8-23-17(22)24-16(11)21/h4-6,8,25H,3,7,9H2,1-2H3,(H4,21,22,23,24). The predicted octanol–water partition coefficient (Wildman–Crippen LogP) is 2.75. The van der Waals surface area contributed by atoms with Gasteiger partial charge in [0.15, 0.2) is 0 Å². The van der Waals surface area contributed by atoms with Gasteiger partial charge in [-0.25, -0.2) is 13.8 Å². The van der Waals surface area contributed by atoms with Gasteiger partial charge in [0.05, 0.1) is 18.3 Å². The zero-order valence-electron chi connectivity index (χ0n) is 14.6. The van der Waals surface area contributed by atoms with Gasteiger partial charge >= 0.3 is 0 Å². The molecule has 2 aromatic rings. The van der Waals surface area contributed by atoms with E-state index in [1.54, 1.807) is 25.3 Å². The van der Waals surface area contributed by atoms with E-state index < -0.39 is 18.9 Å². The van der Waals surface area contributed by atoms with E-state index in [0.717, 1.165) is 5.56 Å². The highest BCUT2D eigenvalue weighted by atomic mass is 19.1. The van der Waals surface area contributed by atoms with Gasteiger partial charge in [0, 0.05) is 23.7 Å². The van der Waals surface area contributed by atoms with E-state index in [9.17, 15) is 8.78 Å². The number of rotatable bonds is 5. The van der Waals surface area contributed by atoms with E-state index in [1.807, 2.05) is 6.07 Å². The number of nitrogens with two attached hydrogens (primary N) is 2. The van der Waals surface area contributed by atoms with E-state index in [-0.39, 0.29) is 5.95 Å². The highest BCUT2D eigenvalue weighted by Crippen LogP contribution is 2.41. The Hall–Kier alpha value is -2.90. The molecule has 0 fully saturated rings. The van der Waals surface area contributed by atoms with Gasteiger partial charge in [0.25, 0.3) is 0 Å². The number of hydrogen-bond donors (Lipinski definition) is 3. The molecule has 1 aromatic heterocycles. The largest absolute Gasteiger partial charge is 0.495 e. The summed E-state index contributed by atoms with van der Waals surface area (Å²) in [7, 11) is 1.52. The van der Waals surface area contributed by atoms with Gasteiger partial charge in [-0.15, -0.1) is 0 Å². The molecule has 5 N–H and O–H groups in total. The van der Waals surface area contributed by atoms with Crippen LogP contribution in [-0.2, 0) is 6.42 Å². The zero-order valence-corrected chi connectivity index (χ0v) is 14.6. The predicted molar refractivity (Wildman–Crippen MR) is 98.6 cm³/mol. The van der Waals surface area contributed by atoms with E-state index in [4.69, 9.17) is 16.2 Å². The molecule has 1 atom stereocenters. The van der Waals surface area contributed by atoms with Crippen LogP contribution in [0.3, 0.4) is 0 Å². The maximum Gasteiger partial charge on any atom is 0.221 e. The smallest absolute Gasteiger partial charge is 0.221 e. The number of halogens is 2. The number of benzene rings is 1. The molecular weight excluding hydrogens is 340 g/mol. The molecule has 1 aliphatic rings. The normalized spacial score (nSPS) is 18.7. The van der Waals surface area contributed by atoms with Crippen LogP contribution in [0.4, 0.5) is 26.2 Å². The first-order valence-electron chi connectivity index (χ1n) is 8.09. The van der Waals surface area contributed by atoms with Gasteiger partial charge in [-0.1, -0.05) is 6.08 Å². The molecule has 138 valence electrons. The summed E-state index contributed by atoms with van der Waals surface area (Å²) in [5.41, 5.74) is 13.6. The third-order valence-electron chi connectivity index (χ3n) is 4.36. The van der Waals surface area contributed by atoms with Crippen LogP contribution in [0.2, 0.25) is 0 Å². The quantitative estimate of drug-likeness (QED) is 0.757. The second-order valence-corrected chi connectivity index (χ2v) is 6.52. The summed E-state index contributed by atoms with van der Waals surface area (Å²) in [5.74, 6) is 0.899. The van der Waals surface area contributed by atoms with E-state index in [2.05, 4.69) is 15.3 Å². The van der Waals surface area contributed by atoms with Crippen LogP contribution >= 0.6 is 0 Å². The highest BCUT2D eigenvalue weighted by Gasteiger charge is 2.31. The molecule has 0 radical (unpaired) electrons. The molecule has 0 spiro atoms. The summed E-state index contributed by atoms with van der Waals surface area (Å²) < 4.78 is 32.5. The van der Waals surface area contributed by atoms with Gasteiger partial charge < -0.3 is 21.5 Å². The van der Waals surface area contributed by atoms with Crippen molar-refractivity contribution in [1.29, 1.82) is 0 Å². The van der Waals surface area contributed by atoms with Crippen LogP contribution in [-0.4, -0.2) is 36.0 Å². The van der Waals surface area contributed by atoms with Crippen molar-refractivity contribution >= 4 is 23.0 Å². The number of nitrogen functional groups attached to an aromatic ring is 2. The van der Waals surface area contributed by atoms with Crippen LogP contribution in [0.5, 0.6) is 5.75 Å². The number of fused-ring (bicyclic) bond motifs is 1. The summed E-state index contributed by atoms with van der Waals surface area (Å²) in [5, 5.41) is 3.11. The minimum atomic E-state index is -0.974. The van der Waals surface area contributed by atoms with Crippen molar-refractivity contribution < 1.29 is 13.5 Å². The van der Waals surface area contributed by atoms with Gasteiger partial charge in [0.2, 0.25) is 5.95 Å². The first kappa shape index (κ1) is 17.9. The fraction of sp³-hybridized carbons (Fsp3) is 0.333. The number of allylic oxidation sites excluding steroid dienone is 1. The number of hydrogen-bond acceptors (Lipinski definition) is 6. The molecule has 26 heavy (non-hydrogen) atoms. The first-order chi connectivity index (χ1) is 12.4. The van der Waals surface area contributed by atoms with Crippen LogP contribution in [0.25, 0.3) is 5.57 Å². The Balaban J connectivity index is 2.06. The number of methoxy groups -OCH3 is 1. The van der Waals surface area contributed by atoms with Crippen molar-refractivity contribution in [3.63, 3.8) is 0 Å². The maximum absolute atomic E-state index is 13.6. The van der Waals surface area contributed by atoms with Gasteiger partial charge in [-0.05, 0) is 30.2 Å². The number of nitrogens with one attached hydrogen (secondary N) is 1. The van der Waals surface area contributed by atoms with E-state index in [0.29, 0.717) is 40.4 Å². The lowest BCUT2D eigenvalue weighted by Crippen LogP contribution is -2.38. The summed E-state index contributed by atoms with van der Waals surface area (Å²) in [6, 6.07) is 3.64. The molecular formula is C18H21F2N5O. The average molecular weight is 361 g/mol. The Morgan fingerprint density at radius 2 is 2.04 bits per heavy atom. The van der Waals surface area contributed by atoms with E-state index in [1.165, 1.54) is 7.11 Å². The highest BCUT2D eigenvalue weighted by molar-refractivity contribution is 5.85. The van der Waals surface area contributed by atoms with Gasteiger partial charge in [-0.3, -0.25) is 0 Å². The molecule has 1 unspecified atom stereocenters. The zero-order chi connectivity index (χ0) is 18.9. The minimum absolute atomic E-state index is 0.103. The first-order valence-corrected chi connectivity index (χ1v) is 8.09. The van der Waals surface area contributed by atoms with Crippen molar-refractivity contribution in [2.75, 3.05) is 37.2 Å². The molecule has 0 saturated heterocycles. The summed E-state index contributed by atoms with van der Waals surface area (Å²) in [4.78, 5) is 7.91. The summed E-state index contributed by atoms with van der Waals surface area (Å²) in [6.07, 6.45) is 3.57. The van der Waals surface area contributed by atoms with Crippen molar-refractivity contribution in [3.8, 4) is 5.75 Å². The molecule has 1 aromatic carbocycles. The lowest BCUT2D eigenvalue weighted by atomic mass is 9.88. The van der Waals surface area contributed by atoms with Crippen LogP contribution in [0, 0.1) is 0 Å². The molecule has 3 rings (SSSR count). The Bertz CT molecular complexity index is 871. The van der Waals surface area contributed by atoms with Crippen molar-refractivity contribution in [1.82, 2.24) is 9.97 Å². The summed E-state index contributed by atoms with van der Waals surface area (Å²) >= 11 is 0. The summed E-state index contributed by atoms with van der Waals surface area (Å²) in [6.45, 7) is 0.301. The van der Waals surface area contributed by atoms with Crippen molar-refractivity contribution in [2.24, 2.45) is 0 Å². The third-order valence-corrected chi connectivity index (χ3v) is 4.36. The minimum Gasteiger partial charge on any atom is -0.495 e. The number of anilines is 3. The van der Waals surface area contributed by atoms with Crippen molar-refractivity contribution in [3.05, 3.63) is 41.1 Å². The van der Waals surface area contributed by atoms with E-state index >= 15 is 0 Å². The molecule has 0 saturated carbocycles. The average Bonchev–Trinajstić information content (AvgIpc) is 2.63. The fourth-order valence-electron chi connectivity index (χ4n) is 3.07. The van der Waals surface area contributed by atoms with Crippen LogP contribution < -0.4 is 21.5 Å². The molecule has 2 heterocycles. The lowest BCUT2D eigenvalue weighted by Gasteiger charge is -2.34. The Morgan fingerprint density at radius 3 is 2.65 bits per heavy atom. The monoisotopic (exact) mass is 361 g/mol. The Kier molecular flexibility index (Phi) is 4.67. The lowest BCUT2D eigenvalue weighted by molar-refractivity contribution is 0.392. The number of aromatic nitrogens is 2. The molecule has 0 aliphatic carbocycles. The fourth-order valence-corrected chi connectivity index (χ4v) is 3.07. The molecule has 8 heteroatoms. The van der Waals surface area contributed by atoms with Crippen molar-refractivity contribution in [2.45, 2.75) is 18.9 Å². The Morgan fingerprint density at radius 1 is 1.27 bits per heavy atom. The number of alkyl halides is 2. The third kappa shape index (κ3) is 3.26. The van der Waals surface area contributed by atoms with Crippen LogP contribution in [0.1, 0.15) is 23.6 Å². The van der Waals surface area contributed by atoms with Crippen LogP contribution in [0.15, 0.2) is 24.4 Å². The molecule has 0 bridgehead atoms. The second kappa shape index (κ2) is 6.78. The molecule has 1 aliphatic heterocycles.